The van der Waals surface area contributed by atoms with E-state index in [9.17, 15) is 23.3 Å². The first-order valence-electron chi connectivity index (χ1n) is 7.99. The van der Waals surface area contributed by atoms with Crippen LogP contribution in [0.3, 0.4) is 0 Å². The Morgan fingerprint density at radius 1 is 1.11 bits per heavy atom. The van der Waals surface area contributed by atoms with Crippen molar-refractivity contribution in [1.82, 2.24) is 0 Å². The molecule has 0 unspecified atom stereocenters. The maximum Gasteiger partial charge on any atom is 0.416 e. The molecular formula is C19H13F3N2O4. The average Bonchev–Trinajstić information content (AvgIpc) is 3.14. The van der Waals surface area contributed by atoms with Gasteiger partial charge in [0.1, 0.15) is 24.3 Å². The van der Waals surface area contributed by atoms with Crippen molar-refractivity contribution in [2.75, 3.05) is 0 Å². The Kier molecular flexibility index (Phi) is 5.44. The van der Waals surface area contributed by atoms with E-state index >= 15 is 0 Å². The van der Waals surface area contributed by atoms with E-state index in [-0.39, 0.29) is 29.4 Å². The molecule has 9 heteroatoms. The number of halogens is 3. The first-order valence-corrected chi connectivity index (χ1v) is 7.99. The van der Waals surface area contributed by atoms with Gasteiger partial charge in [-0.25, -0.2) is 0 Å². The van der Waals surface area contributed by atoms with Crippen LogP contribution in [0.1, 0.15) is 16.9 Å². The molecule has 1 aromatic heterocycles. The smallest absolute Gasteiger partial charge is 0.416 e. The highest BCUT2D eigenvalue weighted by molar-refractivity contribution is 5.77. The van der Waals surface area contributed by atoms with Gasteiger partial charge in [-0.15, -0.1) is 0 Å². The second-order valence-electron chi connectivity index (χ2n) is 5.72. The van der Waals surface area contributed by atoms with Crippen LogP contribution < -0.4 is 0 Å². The molecule has 3 aromatic rings. The van der Waals surface area contributed by atoms with Gasteiger partial charge < -0.3 is 9.25 Å². The molecule has 0 radical (unpaired) electrons. The fourth-order valence-corrected chi connectivity index (χ4v) is 2.39. The van der Waals surface area contributed by atoms with Gasteiger partial charge in [0.25, 0.3) is 5.69 Å². The third-order valence-electron chi connectivity index (χ3n) is 3.71. The quantitative estimate of drug-likeness (QED) is 0.320. The van der Waals surface area contributed by atoms with E-state index in [0.29, 0.717) is 5.56 Å². The molecule has 2 aromatic carbocycles. The largest absolute Gasteiger partial charge is 0.455 e. The van der Waals surface area contributed by atoms with E-state index < -0.39 is 16.7 Å². The summed E-state index contributed by atoms with van der Waals surface area (Å²) in [5.41, 5.74) is 0.0289. The summed E-state index contributed by atoms with van der Waals surface area (Å²) in [5.74, 6) is 0.540. The van der Waals surface area contributed by atoms with Crippen LogP contribution in [0.25, 0.3) is 11.3 Å². The van der Waals surface area contributed by atoms with E-state index in [2.05, 4.69) is 5.16 Å². The molecule has 1 heterocycles. The molecule has 0 aliphatic rings. The molecule has 6 nitrogen and oxygen atoms in total. The van der Waals surface area contributed by atoms with Gasteiger partial charge in [-0.1, -0.05) is 29.4 Å². The van der Waals surface area contributed by atoms with Gasteiger partial charge in [-0.3, -0.25) is 10.1 Å². The fourth-order valence-electron chi connectivity index (χ4n) is 2.39. The van der Waals surface area contributed by atoms with Crippen molar-refractivity contribution in [2.24, 2.45) is 5.16 Å². The standard InChI is InChI=1S/C19H13F3N2O4/c20-19(21,22)15-5-2-4-14(10-15)18-8-7-17(28-18)11-23-27-12-13-3-1-6-16(9-13)24(25)26/h1-11H,12H2/b23-11-. The molecule has 0 bridgehead atoms. The number of nitrogens with zero attached hydrogens (tertiary/aromatic N) is 2. The van der Waals surface area contributed by atoms with E-state index in [1.165, 1.54) is 48.7 Å². The van der Waals surface area contributed by atoms with E-state index in [1.54, 1.807) is 6.07 Å². The van der Waals surface area contributed by atoms with Gasteiger partial charge >= 0.3 is 6.18 Å². The van der Waals surface area contributed by atoms with Gasteiger partial charge in [0.15, 0.2) is 0 Å². The van der Waals surface area contributed by atoms with Gasteiger partial charge in [0.2, 0.25) is 0 Å². The van der Waals surface area contributed by atoms with Crippen LogP contribution in [-0.4, -0.2) is 11.1 Å². The fraction of sp³-hybridized carbons (Fsp3) is 0.105. The summed E-state index contributed by atoms with van der Waals surface area (Å²) < 4.78 is 43.8. The number of hydrogen-bond donors (Lipinski definition) is 0. The van der Waals surface area contributed by atoms with Crippen molar-refractivity contribution in [3.8, 4) is 11.3 Å². The van der Waals surface area contributed by atoms with Crippen LogP contribution in [0.4, 0.5) is 18.9 Å². The highest BCUT2D eigenvalue weighted by Crippen LogP contribution is 2.32. The lowest BCUT2D eigenvalue weighted by Gasteiger charge is -2.07. The first-order chi connectivity index (χ1) is 13.3. The second kappa shape index (κ2) is 7.95. The Morgan fingerprint density at radius 3 is 2.64 bits per heavy atom. The van der Waals surface area contributed by atoms with Crippen molar-refractivity contribution in [3.63, 3.8) is 0 Å². The van der Waals surface area contributed by atoms with Crippen molar-refractivity contribution < 1.29 is 27.3 Å². The maximum absolute atomic E-state index is 12.8. The molecule has 28 heavy (non-hydrogen) atoms. The number of rotatable bonds is 6. The predicted molar refractivity (Wildman–Crippen MR) is 94.6 cm³/mol. The minimum Gasteiger partial charge on any atom is -0.455 e. The topological polar surface area (TPSA) is 77.9 Å². The van der Waals surface area contributed by atoms with Crippen LogP contribution in [0, 0.1) is 10.1 Å². The number of nitro groups is 1. The van der Waals surface area contributed by atoms with Crippen molar-refractivity contribution in [3.05, 3.63) is 87.7 Å². The normalized spacial score (nSPS) is 11.7. The first kappa shape index (κ1) is 19.2. The van der Waals surface area contributed by atoms with Crippen LogP contribution in [-0.2, 0) is 17.6 Å². The number of furan rings is 1. The molecule has 0 N–H and O–H groups in total. The lowest BCUT2D eigenvalue weighted by molar-refractivity contribution is -0.384. The average molecular weight is 390 g/mol. The Labute approximate surface area is 157 Å². The molecule has 0 amide bonds. The summed E-state index contributed by atoms with van der Waals surface area (Å²) in [6.45, 7) is 0.0133. The number of non-ortho nitro benzene ring substituents is 1. The van der Waals surface area contributed by atoms with Crippen molar-refractivity contribution in [1.29, 1.82) is 0 Å². The zero-order chi connectivity index (χ0) is 20.1. The molecule has 0 saturated carbocycles. The van der Waals surface area contributed by atoms with E-state index in [4.69, 9.17) is 9.25 Å². The third-order valence-corrected chi connectivity index (χ3v) is 3.71. The monoisotopic (exact) mass is 390 g/mol. The van der Waals surface area contributed by atoms with E-state index in [1.807, 2.05) is 0 Å². The molecule has 0 spiro atoms. The predicted octanol–water partition coefficient (Wildman–Crippen LogP) is 5.42. The van der Waals surface area contributed by atoms with Crippen molar-refractivity contribution in [2.45, 2.75) is 12.8 Å². The minimum absolute atomic E-state index is 0.0133. The highest BCUT2D eigenvalue weighted by Gasteiger charge is 2.30. The van der Waals surface area contributed by atoms with Crippen molar-refractivity contribution >= 4 is 11.9 Å². The van der Waals surface area contributed by atoms with Crippen LogP contribution in [0.5, 0.6) is 0 Å². The Balaban J connectivity index is 1.63. The summed E-state index contributed by atoms with van der Waals surface area (Å²) in [6.07, 6.45) is -3.18. The molecule has 0 saturated heterocycles. The Morgan fingerprint density at radius 2 is 1.89 bits per heavy atom. The van der Waals surface area contributed by atoms with Crippen LogP contribution in [0.2, 0.25) is 0 Å². The van der Waals surface area contributed by atoms with Gasteiger partial charge in [0.05, 0.1) is 10.5 Å². The number of nitro benzene ring substituents is 1. The lowest BCUT2D eigenvalue weighted by atomic mass is 10.1. The summed E-state index contributed by atoms with van der Waals surface area (Å²) in [5, 5.41) is 14.4. The Hall–Kier alpha value is -3.62. The van der Waals surface area contributed by atoms with Gasteiger partial charge in [-0.2, -0.15) is 13.2 Å². The highest BCUT2D eigenvalue weighted by atomic mass is 19.4. The van der Waals surface area contributed by atoms with Gasteiger partial charge in [0, 0.05) is 17.7 Å². The summed E-state index contributed by atoms with van der Waals surface area (Å²) in [6, 6.07) is 13.8. The second-order valence-corrected chi connectivity index (χ2v) is 5.72. The summed E-state index contributed by atoms with van der Waals surface area (Å²) in [7, 11) is 0. The number of alkyl halides is 3. The van der Waals surface area contributed by atoms with Crippen LogP contribution in [0.15, 0.2) is 70.2 Å². The SMILES string of the molecule is O=[N+]([O-])c1cccc(CO/N=C\c2ccc(-c3cccc(C(F)(F)F)c3)o2)c1. The lowest BCUT2D eigenvalue weighted by Crippen LogP contribution is -2.04. The molecule has 3 rings (SSSR count). The summed E-state index contributed by atoms with van der Waals surface area (Å²) >= 11 is 0. The molecule has 144 valence electrons. The van der Waals surface area contributed by atoms with Crippen LogP contribution >= 0.6 is 0 Å². The number of benzene rings is 2. The maximum atomic E-state index is 12.8. The zero-order valence-electron chi connectivity index (χ0n) is 14.2. The summed E-state index contributed by atoms with van der Waals surface area (Å²) in [4.78, 5) is 15.3. The molecule has 0 fully saturated rings. The third kappa shape index (κ3) is 4.76. The number of hydrogen-bond acceptors (Lipinski definition) is 5. The molecular weight excluding hydrogens is 377 g/mol. The van der Waals surface area contributed by atoms with E-state index in [0.717, 1.165) is 12.1 Å². The minimum atomic E-state index is -4.44. The Bertz CT molecular complexity index is 1010. The molecule has 0 aliphatic carbocycles. The molecule has 0 aliphatic heterocycles. The van der Waals surface area contributed by atoms with Gasteiger partial charge in [-0.05, 0) is 29.8 Å². The number of oxime groups is 1. The zero-order valence-corrected chi connectivity index (χ0v) is 14.2. The molecule has 0 atom stereocenters.